The number of ether oxygens (including phenoxy) is 1. The van der Waals surface area contributed by atoms with Crippen LogP contribution in [0.15, 0.2) is 65.8 Å². The molecule has 0 aliphatic carbocycles. The maximum atomic E-state index is 14.3. The number of alkyl halides is 3. The Hall–Kier alpha value is -4.54. The molecule has 0 fully saturated rings. The van der Waals surface area contributed by atoms with Crippen LogP contribution in [0.1, 0.15) is 28.1 Å². The first-order chi connectivity index (χ1) is 18.1. The summed E-state index contributed by atoms with van der Waals surface area (Å²) < 4.78 is 61.1. The summed E-state index contributed by atoms with van der Waals surface area (Å²) >= 11 is 0. The van der Waals surface area contributed by atoms with Crippen molar-refractivity contribution >= 4 is 10.9 Å². The average Bonchev–Trinajstić information content (AvgIpc) is 3.29. The largest absolute Gasteiger partial charge is 0.487 e. The molecule has 11 heteroatoms. The van der Waals surface area contributed by atoms with E-state index in [2.05, 4.69) is 20.2 Å². The van der Waals surface area contributed by atoms with Crippen molar-refractivity contribution in [2.75, 3.05) is 0 Å². The fourth-order valence-corrected chi connectivity index (χ4v) is 4.30. The van der Waals surface area contributed by atoms with Crippen molar-refractivity contribution in [3.8, 4) is 17.0 Å². The third-order valence-corrected chi connectivity index (χ3v) is 6.19. The van der Waals surface area contributed by atoms with Gasteiger partial charge in [0, 0.05) is 34.6 Å². The lowest BCUT2D eigenvalue weighted by Crippen LogP contribution is -2.29. The Morgan fingerprint density at radius 1 is 1.11 bits per heavy atom. The van der Waals surface area contributed by atoms with Gasteiger partial charge in [-0.1, -0.05) is 12.1 Å². The summed E-state index contributed by atoms with van der Waals surface area (Å²) in [5.74, 6) is -0.0681. The first-order valence-corrected chi connectivity index (χ1v) is 11.6. The lowest BCUT2D eigenvalue weighted by atomic mass is 10.0. The van der Waals surface area contributed by atoms with Gasteiger partial charge in [0.05, 0.1) is 18.4 Å². The second-order valence-corrected chi connectivity index (χ2v) is 8.75. The monoisotopic (exact) mass is 523 g/mol. The number of hydrogen-bond donors (Lipinski definition) is 1. The lowest BCUT2D eigenvalue weighted by Gasteiger charge is -2.16. The molecular formula is C27H21F4N5O2. The van der Waals surface area contributed by atoms with Crippen LogP contribution in [0.2, 0.25) is 0 Å². The molecular weight excluding hydrogens is 502 g/mol. The lowest BCUT2D eigenvalue weighted by molar-refractivity contribution is -0.138. The highest BCUT2D eigenvalue weighted by molar-refractivity contribution is 5.96. The van der Waals surface area contributed by atoms with Crippen LogP contribution in [0.3, 0.4) is 0 Å². The minimum Gasteiger partial charge on any atom is -0.487 e. The van der Waals surface area contributed by atoms with Crippen LogP contribution in [0.25, 0.3) is 22.2 Å². The van der Waals surface area contributed by atoms with Gasteiger partial charge < -0.3 is 9.30 Å². The molecule has 1 aromatic carbocycles. The van der Waals surface area contributed by atoms with Crippen molar-refractivity contribution in [2.45, 2.75) is 33.2 Å². The van der Waals surface area contributed by atoms with Gasteiger partial charge in [0.2, 0.25) is 0 Å². The van der Waals surface area contributed by atoms with Crippen molar-refractivity contribution in [3.63, 3.8) is 0 Å². The molecule has 7 nitrogen and oxygen atoms in total. The van der Waals surface area contributed by atoms with Gasteiger partial charge in [-0.2, -0.15) is 18.3 Å². The Kier molecular flexibility index (Phi) is 6.43. The number of hydrogen-bond acceptors (Lipinski definition) is 5. The molecule has 0 aliphatic rings. The number of halogens is 4. The normalized spacial score (nSPS) is 11.7. The average molecular weight is 523 g/mol. The van der Waals surface area contributed by atoms with Crippen LogP contribution < -0.4 is 10.3 Å². The number of rotatable bonds is 6. The minimum atomic E-state index is -4.76. The van der Waals surface area contributed by atoms with Crippen molar-refractivity contribution < 1.29 is 22.3 Å². The highest BCUT2D eigenvalue weighted by Crippen LogP contribution is 2.34. The Balaban J connectivity index is 1.50. The fourth-order valence-electron chi connectivity index (χ4n) is 4.30. The van der Waals surface area contributed by atoms with Crippen LogP contribution in [0.4, 0.5) is 17.6 Å². The van der Waals surface area contributed by atoms with E-state index >= 15 is 0 Å². The molecule has 5 aromatic rings. The Morgan fingerprint density at radius 2 is 1.92 bits per heavy atom. The van der Waals surface area contributed by atoms with E-state index < -0.39 is 23.1 Å². The number of H-pyrrole nitrogens is 1. The fraction of sp³-hybridized carbons (Fsp3) is 0.185. The van der Waals surface area contributed by atoms with E-state index in [1.54, 1.807) is 37.3 Å². The number of aromatic nitrogens is 5. The van der Waals surface area contributed by atoms with E-state index in [9.17, 15) is 22.4 Å². The summed E-state index contributed by atoms with van der Waals surface area (Å²) in [6, 6.07) is 10.7. The zero-order valence-corrected chi connectivity index (χ0v) is 20.3. The van der Waals surface area contributed by atoms with Crippen LogP contribution in [0, 0.1) is 19.7 Å². The van der Waals surface area contributed by atoms with E-state index in [0.717, 1.165) is 22.4 Å². The highest BCUT2D eigenvalue weighted by Gasteiger charge is 2.34. The Labute approximate surface area is 213 Å². The van der Waals surface area contributed by atoms with Crippen molar-refractivity contribution in [1.82, 2.24) is 24.7 Å². The summed E-state index contributed by atoms with van der Waals surface area (Å²) in [5, 5.41) is 7.09. The number of aromatic amines is 1. The molecule has 0 radical (unpaired) electrons. The topological polar surface area (TPSA) is 85.7 Å². The van der Waals surface area contributed by atoms with Gasteiger partial charge in [-0.15, -0.1) is 0 Å². The molecule has 0 spiro atoms. The molecule has 38 heavy (non-hydrogen) atoms. The third kappa shape index (κ3) is 4.74. The molecule has 0 amide bonds. The van der Waals surface area contributed by atoms with E-state index in [1.807, 2.05) is 6.92 Å². The molecule has 194 valence electrons. The van der Waals surface area contributed by atoms with Gasteiger partial charge in [-0.3, -0.25) is 14.9 Å². The summed E-state index contributed by atoms with van der Waals surface area (Å²) in [5.41, 5.74) is 1.38. The molecule has 0 saturated carbocycles. The minimum absolute atomic E-state index is 0.0191. The predicted molar refractivity (Wildman–Crippen MR) is 132 cm³/mol. The van der Waals surface area contributed by atoms with Gasteiger partial charge in [-0.25, -0.2) is 9.37 Å². The number of fused-ring (bicyclic) bond motifs is 1. The van der Waals surface area contributed by atoms with Crippen molar-refractivity contribution in [3.05, 3.63) is 105 Å². The Morgan fingerprint density at radius 3 is 2.66 bits per heavy atom. The van der Waals surface area contributed by atoms with Crippen LogP contribution in [-0.2, 0) is 19.3 Å². The SMILES string of the molecule is Cc1cc(-c2[nH]ncc2F)c2cccc(OCc3c(C)ccnc3Cn3cccc(C(F)(F)F)c3=O)c2n1. The summed E-state index contributed by atoms with van der Waals surface area (Å²) in [6.07, 6.45) is -0.843. The summed E-state index contributed by atoms with van der Waals surface area (Å²) in [4.78, 5) is 21.4. The number of pyridine rings is 3. The summed E-state index contributed by atoms with van der Waals surface area (Å²) in [6.45, 7) is 3.46. The van der Waals surface area contributed by atoms with Crippen LogP contribution in [0.5, 0.6) is 5.75 Å². The molecule has 5 rings (SSSR count). The van der Waals surface area contributed by atoms with Crippen molar-refractivity contribution in [2.24, 2.45) is 0 Å². The number of aryl methyl sites for hydroxylation is 2. The van der Waals surface area contributed by atoms with Crippen LogP contribution in [-0.4, -0.2) is 24.7 Å². The van der Waals surface area contributed by atoms with Gasteiger partial charge in [-0.05, 0) is 49.7 Å². The quantitative estimate of drug-likeness (QED) is 0.294. The standard InChI is InChI=1S/C27H21F4N5O2/c1-15-8-9-32-22(13-36-10-4-6-20(26(36)37)27(29,30)31)19(15)14-38-23-7-3-5-17-18(11-16(2)34-25(17)23)24-21(28)12-33-35-24/h3-12H,13-14H2,1-2H3,(H,33,35). The second kappa shape index (κ2) is 9.73. The van der Waals surface area contributed by atoms with Crippen molar-refractivity contribution in [1.29, 1.82) is 0 Å². The second-order valence-electron chi connectivity index (χ2n) is 8.75. The first kappa shape index (κ1) is 25.1. The van der Waals surface area contributed by atoms with Crippen LogP contribution >= 0.6 is 0 Å². The molecule has 0 saturated heterocycles. The molecule has 0 unspecified atom stereocenters. The zero-order chi connectivity index (χ0) is 27.0. The van der Waals surface area contributed by atoms with Gasteiger partial charge in [0.1, 0.15) is 29.1 Å². The smallest absolute Gasteiger partial charge is 0.421 e. The van der Waals surface area contributed by atoms with E-state index in [1.165, 1.54) is 18.5 Å². The number of benzene rings is 1. The maximum absolute atomic E-state index is 14.3. The first-order valence-electron chi connectivity index (χ1n) is 11.6. The molecule has 1 N–H and O–H groups in total. The predicted octanol–water partition coefficient (Wildman–Crippen LogP) is 5.58. The molecule has 4 heterocycles. The molecule has 0 bridgehead atoms. The number of nitrogens with one attached hydrogen (secondary N) is 1. The molecule has 4 aromatic heterocycles. The van der Waals surface area contributed by atoms with Gasteiger partial charge in [0.25, 0.3) is 5.56 Å². The van der Waals surface area contributed by atoms with Gasteiger partial charge in [0.15, 0.2) is 5.82 Å². The molecule has 0 aliphatic heterocycles. The van der Waals surface area contributed by atoms with E-state index in [0.29, 0.717) is 39.2 Å². The van der Waals surface area contributed by atoms with Gasteiger partial charge >= 0.3 is 6.18 Å². The van der Waals surface area contributed by atoms with E-state index in [-0.39, 0.29) is 18.8 Å². The zero-order valence-electron chi connectivity index (χ0n) is 20.3. The third-order valence-electron chi connectivity index (χ3n) is 6.19. The Bertz CT molecular complexity index is 1710. The molecule has 0 atom stereocenters. The summed E-state index contributed by atoms with van der Waals surface area (Å²) in [7, 11) is 0. The maximum Gasteiger partial charge on any atom is 0.421 e. The highest BCUT2D eigenvalue weighted by atomic mass is 19.4. The van der Waals surface area contributed by atoms with E-state index in [4.69, 9.17) is 4.74 Å². The number of para-hydroxylation sites is 1. The number of nitrogens with zero attached hydrogens (tertiary/aromatic N) is 4.